The fourth-order valence-electron chi connectivity index (χ4n) is 2.40. The number of nitrogens with zero attached hydrogens (tertiary/aromatic N) is 1. The van der Waals surface area contributed by atoms with E-state index >= 15 is 0 Å². The third-order valence-electron chi connectivity index (χ3n) is 3.33. The van der Waals surface area contributed by atoms with Crippen molar-refractivity contribution in [1.29, 1.82) is 0 Å². The minimum absolute atomic E-state index is 0.0549. The molecule has 2 nitrogen and oxygen atoms in total. The van der Waals surface area contributed by atoms with Crippen LogP contribution < -0.4 is 0 Å². The lowest BCUT2D eigenvalue weighted by molar-refractivity contribution is -0.131. The largest absolute Gasteiger partial charge is 0.342 e. The maximum absolute atomic E-state index is 12.3. The van der Waals surface area contributed by atoms with E-state index < -0.39 is 0 Å². The van der Waals surface area contributed by atoms with Crippen LogP contribution in [0.15, 0.2) is 30.3 Å². The summed E-state index contributed by atoms with van der Waals surface area (Å²) in [6.45, 7) is 3.98. The van der Waals surface area contributed by atoms with Crippen molar-refractivity contribution in [3.8, 4) is 0 Å². The summed E-state index contributed by atoms with van der Waals surface area (Å²) >= 11 is 0. The third-order valence-corrected chi connectivity index (χ3v) is 3.33. The van der Waals surface area contributed by atoms with Gasteiger partial charge < -0.3 is 4.90 Å². The molecule has 1 saturated heterocycles. The number of carbonyl (C=O) groups is 1. The fraction of sp³-hybridized carbons (Fsp3) is 0.500. The van der Waals surface area contributed by atoms with Gasteiger partial charge in [-0.25, -0.2) is 0 Å². The highest BCUT2D eigenvalue weighted by atomic mass is 16.2. The van der Waals surface area contributed by atoms with Crippen molar-refractivity contribution in [1.82, 2.24) is 4.90 Å². The zero-order chi connectivity index (χ0) is 11.4. The molecule has 1 aromatic rings. The lowest BCUT2D eigenvalue weighted by Crippen LogP contribution is -2.32. The highest BCUT2D eigenvalue weighted by Crippen LogP contribution is 2.23. The molecule has 86 valence electrons. The molecule has 1 amide bonds. The molecule has 2 rings (SSSR count). The molecule has 1 aromatic carbocycles. The SMILES string of the molecule is CC[C@H](C(=O)N1CCCC1)c1ccccc1. The van der Waals surface area contributed by atoms with E-state index in [1.807, 2.05) is 23.1 Å². The van der Waals surface area contributed by atoms with Crippen molar-refractivity contribution in [2.24, 2.45) is 0 Å². The molecule has 2 heteroatoms. The fourth-order valence-corrected chi connectivity index (χ4v) is 2.40. The smallest absolute Gasteiger partial charge is 0.230 e. The monoisotopic (exact) mass is 217 g/mol. The number of hydrogen-bond acceptors (Lipinski definition) is 1. The Kier molecular flexibility index (Phi) is 3.60. The van der Waals surface area contributed by atoms with Gasteiger partial charge in [-0.15, -0.1) is 0 Å². The Morgan fingerprint density at radius 2 is 1.88 bits per heavy atom. The summed E-state index contributed by atoms with van der Waals surface area (Å²) in [7, 11) is 0. The topological polar surface area (TPSA) is 20.3 Å². The molecule has 0 spiro atoms. The minimum atomic E-state index is 0.0549. The zero-order valence-electron chi connectivity index (χ0n) is 9.86. The number of carbonyl (C=O) groups excluding carboxylic acids is 1. The van der Waals surface area contributed by atoms with E-state index in [1.165, 1.54) is 0 Å². The van der Waals surface area contributed by atoms with Crippen LogP contribution in [0.3, 0.4) is 0 Å². The van der Waals surface area contributed by atoms with Crippen LogP contribution in [-0.2, 0) is 4.79 Å². The Morgan fingerprint density at radius 3 is 2.44 bits per heavy atom. The Balaban J connectivity index is 2.13. The van der Waals surface area contributed by atoms with E-state index in [0.717, 1.165) is 37.9 Å². The average molecular weight is 217 g/mol. The van der Waals surface area contributed by atoms with Gasteiger partial charge in [-0.2, -0.15) is 0 Å². The standard InChI is InChI=1S/C14H19NO/c1-2-13(12-8-4-3-5-9-12)14(16)15-10-6-7-11-15/h3-5,8-9,13H,2,6-7,10-11H2,1H3/t13-/m0/s1. The Bertz CT molecular complexity index is 341. The quantitative estimate of drug-likeness (QED) is 0.762. The van der Waals surface area contributed by atoms with Gasteiger partial charge in [0.1, 0.15) is 0 Å². The van der Waals surface area contributed by atoms with Gasteiger partial charge in [0.25, 0.3) is 0 Å². The van der Waals surface area contributed by atoms with Crippen molar-refractivity contribution in [2.45, 2.75) is 32.1 Å². The number of benzene rings is 1. The van der Waals surface area contributed by atoms with E-state index in [-0.39, 0.29) is 5.92 Å². The predicted octanol–water partition coefficient (Wildman–Crippen LogP) is 2.80. The molecule has 0 radical (unpaired) electrons. The van der Waals surface area contributed by atoms with Crippen molar-refractivity contribution in [2.75, 3.05) is 13.1 Å². The number of likely N-dealkylation sites (tertiary alicyclic amines) is 1. The second-order valence-electron chi connectivity index (χ2n) is 4.40. The maximum Gasteiger partial charge on any atom is 0.230 e. The van der Waals surface area contributed by atoms with E-state index in [1.54, 1.807) is 0 Å². The normalized spacial score (nSPS) is 17.4. The van der Waals surface area contributed by atoms with E-state index in [9.17, 15) is 4.79 Å². The van der Waals surface area contributed by atoms with E-state index in [0.29, 0.717) is 5.91 Å². The van der Waals surface area contributed by atoms with Crippen LogP contribution in [0.25, 0.3) is 0 Å². The Morgan fingerprint density at radius 1 is 1.25 bits per heavy atom. The summed E-state index contributed by atoms with van der Waals surface area (Å²) in [4.78, 5) is 14.3. The van der Waals surface area contributed by atoms with Crippen molar-refractivity contribution in [3.63, 3.8) is 0 Å². The number of amides is 1. The summed E-state index contributed by atoms with van der Waals surface area (Å²) < 4.78 is 0. The first-order valence-electron chi connectivity index (χ1n) is 6.16. The molecule has 0 N–H and O–H groups in total. The predicted molar refractivity (Wildman–Crippen MR) is 65.3 cm³/mol. The Hall–Kier alpha value is -1.31. The van der Waals surface area contributed by atoms with E-state index in [4.69, 9.17) is 0 Å². The van der Waals surface area contributed by atoms with Crippen LogP contribution in [0.4, 0.5) is 0 Å². The molecule has 1 aliphatic heterocycles. The third kappa shape index (κ3) is 2.26. The minimum Gasteiger partial charge on any atom is -0.342 e. The molecular weight excluding hydrogens is 198 g/mol. The second kappa shape index (κ2) is 5.15. The van der Waals surface area contributed by atoms with Crippen LogP contribution in [0.5, 0.6) is 0 Å². The Labute approximate surface area is 97.3 Å². The molecule has 0 aliphatic carbocycles. The van der Waals surface area contributed by atoms with Gasteiger partial charge in [0, 0.05) is 13.1 Å². The maximum atomic E-state index is 12.3. The molecule has 0 bridgehead atoms. The van der Waals surface area contributed by atoms with Gasteiger partial charge in [-0.05, 0) is 24.8 Å². The summed E-state index contributed by atoms with van der Waals surface area (Å²) in [6.07, 6.45) is 3.22. The lowest BCUT2D eigenvalue weighted by atomic mass is 9.95. The van der Waals surface area contributed by atoms with Gasteiger partial charge in [-0.3, -0.25) is 4.79 Å². The molecule has 1 aliphatic rings. The molecule has 1 fully saturated rings. The molecule has 0 unspecified atom stereocenters. The van der Waals surface area contributed by atoms with Gasteiger partial charge >= 0.3 is 0 Å². The number of hydrogen-bond donors (Lipinski definition) is 0. The van der Waals surface area contributed by atoms with Crippen LogP contribution >= 0.6 is 0 Å². The molecule has 1 heterocycles. The average Bonchev–Trinajstić information content (AvgIpc) is 2.85. The van der Waals surface area contributed by atoms with Gasteiger partial charge in [0.15, 0.2) is 0 Å². The summed E-state index contributed by atoms with van der Waals surface area (Å²) in [5, 5.41) is 0. The van der Waals surface area contributed by atoms with Crippen LogP contribution in [-0.4, -0.2) is 23.9 Å². The molecule has 0 saturated carbocycles. The highest BCUT2D eigenvalue weighted by molar-refractivity contribution is 5.83. The van der Waals surface area contributed by atoms with E-state index in [2.05, 4.69) is 19.1 Å². The summed E-state index contributed by atoms with van der Waals surface area (Å²) in [5.74, 6) is 0.366. The zero-order valence-corrected chi connectivity index (χ0v) is 9.86. The summed E-state index contributed by atoms with van der Waals surface area (Å²) in [6, 6.07) is 10.1. The van der Waals surface area contributed by atoms with Gasteiger partial charge in [0.05, 0.1) is 5.92 Å². The first-order valence-corrected chi connectivity index (χ1v) is 6.16. The van der Waals surface area contributed by atoms with Gasteiger partial charge in [-0.1, -0.05) is 37.3 Å². The van der Waals surface area contributed by atoms with Crippen LogP contribution in [0.1, 0.15) is 37.7 Å². The molecule has 0 aromatic heterocycles. The van der Waals surface area contributed by atoms with Crippen LogP contribution in [0.2, 0.25) is 0 Å². The molecular formula is C14H19NO. The number of rotatable bonds is 3. The first-order chi connectivity index (χ1) is 7.83. The summed E-state index contributed by atoms with van der Waals surface area (Å²) in [5.41, 5.74) is 1.15. The van der Waals surface area contributed by atoms with Crippen LogP contribution in [0, 0.1) is 0 Å². The molecule has 1 atom stereocenters. The second-order valence-corrected chi connectivity index (χ2v) is 4.40. The van der Waals surface area contributed by atoms with Crippen molar-refractivity contribution < 1.29 is 4.79 Å². The lowest BCUT2D eigenvalue weighted by Gasteiger charge is -2.22. The van der Waals surface area contributed by atoms with Crippen molar-refractivity contribution in [3.05, 3.63) is 35.9 Å². The first kappa shape index (κ1) is 11.2. The van der Waals surface area contributed by atoms with Crippen molar-refractivity contribution >= 4 is 5.91 Å². The highest BCUT2D eigenvalue weighted by Gasteiger charge is 2.25. The van der Waals surface area contributed by atoms with Gasteiger partial charge in [0.2, 0.25) is 5.91 Å². The molecule has 16 heavy (non-hydrogen) atoms.